The minimum atomic E-state index is 0.571. The smallest absolute Gasteiger partial charge is 0.0985 e. The molecule has 218 valence electrons. The lowest BCUT2D eigenvalue weighted by atomic mass is 10.0. The molecule has 0 fully saturated rings. The van der Waals surface area contributed by atoms with Gasteiger partial charge in [0.1, 0.15) is 0 Å². The van der Waals surface area contributed by atoms with Crippen molar-refractivity contribution in [3.63, 3.8) is 0 Å². The number of fused-ring (bicyclic) bond motifs is 10. The maximum atomic E-state index is 5.39. The highest BCUT2D eigenvalue weighted by atomic mass is 32.1. The van der Waals surface area contributed by atoms with Gasteiger partial charge in [-0.1, -0.05) is 91.9 Å². The number of nitrogens with zero attached hydrogens (tertiary/aromatic N) is 3. The summed E-state index contributed by atoms with van der Waals surface area (Å²) in [4.78, 5) is 5.39. The first-order chi connectivity index (χ1) is 22.7. The van der Waals surface area contributed by atoms with Crippen LogP contribution in [0.2, 0.25) is 0 Å². The first-order valence-corrected chi connectivity index (χ1v) is 16.8. The van der Waals surface area contributed by atoms with Crippen molar-refractivity contribution in [2.24, 2.45) is 5.92 Å². The number of aromatic nitrogens is 3. The molecule has 0 spiro atoms. The lowest BCUT2D eigenvalue weighted by Crippen LogP contribution is -2.01. The van der Waals surface area contributed by atoms with Crippen LogP contribution in [-0.4, -0.2) is 14.1 Å². The molecule has 0 radical (unpaired) electrons. The molecule has 4 heterocycles. The highest BCUT2D eigenvalue weighted by Gasteiger charge is 2.21. The van der Waals surface area contributed by atoms with Crippen LogP contribution in [0.3, 0.4) is 0 Å². The van der Waals surface area contributed by atoms with Crippen LogP contribution < -0.4 is 0 Å². The summed E-state index contributed by atoms with van der Waals surface area (Å²) < 4.78 is 7.45. The minimum Gasteiger partial charge on any atom is -0.310 e. The van der Waals surface area contributed by atoms with Crippen molar-refractivity contribution in [1.29, 1.82) is 0 Å². The SMILES string of the molecule is CC1C=CC(n2c3ccccc3c3cc(-n4c5ccc(-c6ccccc6)nc5c5c6sc7ccccc7c6ccc54)ccc32)=CC1. The third-order valence-electron chi connectivity index (χ3n) is 9.65. The lowest BCUT2D eigenvalue weighted by molar-refractivity contribution is 0.735. The summed E-state index contributed by atoms with van der Waals surface area (Å²) in [5.74, 6) is 0.571. The van der Waals surface area contributed by atoms with Crippen LogP contribution in [0.4, 0.5) is 0 Å². The largest absolute Gasteiger partial charge is 0.310 e. The van der Waals surface area contributed by atoms with Crippen molar-refractivity contribution < 1.29 is 0 Å². The maximum absolute atomic E-state index is 5.39. The Balaban J connectivity index is 1.29. The monoisotopic (exact) mass is 607 g/mol. The van der Waals surface area contributed by atoms with Gasteiger partial charge in [0.05, 0.1) is 33.3 Å². The number of para-hydroxylation sites is 1. The predicted molar refractivity (Wildman–Crippen MR) is 197 cm³/mol. The van der Waals surface area contributed by atoms with Gasteiger partial charge in [0.2, 0.25) is 0 Å². The molecule has 4 heteroatoms. The van der Waals surface area contributed by atoms with Gasteiger partial charge in [-0.25, -0.2) is 4.98 Å². The molecule has 1 atom stereocenters. The highest BCUT2D eigenvalue weighted by molar-refractivity contribution is 7.26. The van der Waals surface area contributed by atoms with E-state index >= 15 is 0 Å². The third-order valence-corrected chi connectivity index (χ3v) is 10.9. The molecule has 1 aliphatic rings. The van der Waals surface area contributed by atoms with Crippen molar-refractivity contribution in [3.05, 3.63) is 140 Å². The van der Waals surface area contributed by atoms with E-state index in [9.17, 15) is 0 Å². The summed E-state index contributed by atoms with van der Waals surface area (Å²) in [7, 11) is 0. The van der Waals surface area contributed by atoms with Crippen molar-refractivity contribution in [2.45, 2.75) is 13.3 Å². The topological polar surface area (TPSA) is 22.8 Å². The first-order valence-electron chi connectivity index (χ1n) is 16.0. The molecular formula is C42H29N3S. The van der Waals surface area contributed by atoms with Crippen molar-refractivity contribution in [2.75, 3.05) is 0 Å². The quantitative estimate of drug-likeness (QED) is 0.196. The average molecular weight is 608 g/mol. The lowest BCUT2D eigenvalue weighted by Gasteiger charge is -2.15. The van der Waals surface area contributed by atoms with Gasteiger partial charge in [0, 0.05) is 53.3 Å². The molecule has 0 amide bonds. The first kappa shape index (κ1) is 25.8. The van der Waals surface area contributed by atoms with Crippen LogP contribution in [0.25, 0.3) is 86.6 Å². The second kappa shape index (κ2) is 9.77. The molecule has 0 aliphatic heterocycles. The summed E-state index contributed by atoms with van der Waals surface area (Å²) in [5.41, 5.74) is 10.3. The Bertz CT molecular complexity index is 2740. The van der Waals surface area contributed by atoms with Crippen molar-refractivity contribution in [3.8, 4) is 16.9 Å². The van der Waals surface area contributed by atoms with Gasteiger partial charge in [-0.15, -0.1) is 11.3 Å². The summed E-state index contributed by atoms with van der Waals surface area (Å²) in [6, 6.07) is 44.1. The summed E-state index contributed by atoms with van der Waals surface area (Å²) in [6.07, 6.45) is 8.05. The number of hydrogen-bond acceptors (Lipinski definition) is 2. The second-order valence-corrected chi connectivity index (χ2v) is 13.5. The summed E-state index contributed by atoms with van der Waals surface area (Å²) in [6.45, 7) is 2.28. The van der Waals surface area contributed by atoms with E-state index in [2.05, 4.69) is 156 Å². The molecule has 0 N–H and O–H groups in total. The van der Waals surface area contributed by atoms with Crippen LogP contribution in [0, 0.1) is 5.92 Å². The van der Waals surface area contributed by atoms with Crippen LogP contribution in [-0.2, 0) is 0 Å². The Morgan fingerprint density at radius 3 is 2.28 bits per heavy atom. The highest BCUT2D eigenvalue weighted by Crippen LogP contribution is 2.44. The van der Waals surface area contributed by atoms with E-state index in [1.54, 1.807) is 0 Å². The molecule has 4 aromatic heterocycles. The number of rotatable bonds is 3. The molecule has 5 aromatic carbocycles. The average Bonchev–Trinajstić information content (AvgIpc) is 3.76. The fourth-order valence-corrected chi connectivity index (χ4v) is 8.69. The normalized spacial score (nSPS) is 15.2. The molecule has 9 aromatic rings. The minimum absolute atomic E-state index is 0.571. The van der Waals surface area contributed by atoms with Crippen molar-refractivity contribution in [1.82, 2.24) is 14.1 Å². The van der Waals surface area contributed by atoms with Gasteiger partial charge in [0.25, 0.3) is 0 Å². The molecule has 10 rings (SSSR count). The van der Waals surface area contributed by atoms with Crippen LogP contribution in [0.1, 0.15) is 13.3 Å². The van der Waals surface area contributed by atoms with Gasteiger partial charge in [-0.2, -0.15) is 0 Å². The van der Waals surface area contributed by atoms with E-state index in [1.807, 2.05) is 11.3 Å². The third kappa shape index (κ3) is 3.68. The number of benzene rings is 5. The van der Waals surface area contributed by atoms with Gasteiger partial charge in [-0.05, 0) is 66.9 Å². The molecule has 46 heavy (non-hydrogen) atoms. The van der Waals surface area contributed by atoms with Gasteiger partial charge >= 0.3 is 0 Å². The predicted octanol–water partition coefficient (Wildman–Crippen LogP) is 11.8. The Morgan fingerprint density at radius 2 is 1.41 bits per heavy atom. The molecule has 1 unspecified atom stereocenters. The Morgan fingerprint density at radius 1 is 0.652 bits per heavy atom. The molecule has 3 nitrogen and oxygen atoms in total. The molecule has 0 saturated carbocycles. The summed E-state index contributed by atoms with van der Waals surface area (Å²) in [5, 5.41) is 6.35. The number of thiophene rings is 1. The van der Waals surface area contributed by atoms with Crippen molar-refractivity contribution >= 4 is 80.9 Å². The molecule has 0 bridgehead atoms. The van der Waals surface area contributed by atoms with E-state index < -0.39 is 0 Å². The van der Waals surface area contributed by atoms with Gasteiger partial charge in [-0.3, -0.25) is 0 Å². The van der Waals surface area contributed by atoms with E-state index in [1.165, 1.54) is 58.6 Å². The van der Waals surface area contributed by atoms with E-state index in [0.717, 1.165) is 34.4 Å². The number of allylic oxidation sites excluding steroid dienone is 4. The Hall–Kier alpha value is -5.45. The molecular weight excluding hydrogens is 579 g/mol. The van der Waals surface area contributed by atoms with Crippen LogP contribution >= 0.6 is 11.3 Å². The summed E-state index contributed by atoms with van der Waals surface area (Å²) >= 11 is 1.87. The maximum Gasteiger partial charge on any atom is 0.0985 e. The number of hydrogen-bond donors (Lipinski definition) is 0. The van der Waals surface area contributed by atoms with Crippen LogP contribution in [0.5, 0.6) is 0 Å². The van der Waals surface area contributed by atoms with E-state index in [4.69, 9.17) is 4.98 Å². The fraction of sp³-hybridized carbons (Fsp3) is 0.0714. The van der Waals surface area contributed by atoms with Crippen LogP contribution in [0.15, 0.2) is 140 Å². The molecule has 1 aliphatic carbocycles. The standard InChI is InChI=1S/C42H29N3S/c1-26-15-17-28(18-16-26)44-35-13-7-5-11-30(35)33-25-29(19-22-36(33)44)45-37-23-20-32-31-12-6-8-14-39(31)46-42(32)40(37)41-38(45)24-21-34(43-41)27-9-3-2-4-10-27/h2-15,17-26H,16H2,1H3. The zero-order chi connectivity index (χ0) is 30.4. The Kier molecular flexibility index (Phi) is 5.49. The zero-order valence-electron chi connectivity index (χ0n) is 25.3. The zero-order valence-corrected chi connectivity index (χ0v) is 26.1. The fourth-order valence-electron chi connectivity index (χ4n) is 7.45. The van der Waals surface area contributed by atoms with Gasteiger partial charge in [0.15, 0.2) is 0 Å². The van der Waals surface area contributed by atoms with Gasteiger partial charge < -0.3 is 9.13 Å². The number of pyridine rings is 1. The van der Waals surface area contributed by atoms with E-state index in [0.29, 0.717) is 5.92 Å². The molecule has 0 saturated heterocycles. The van der Waals surface area contributed by atoms with E-state index in [-0.39, 0.29) is 0 Å². The second-order valence-electron chi connectivity index (χ2n) is 12.5. The Labute approximate surface area is 270 Å².